The van der Waals surface area contributed by atoms with E-state index < -0.39 is 5.97 Å². The molecule has 106 valence electrons. The van der Waals surface area contributed by atoms with Crippen molar-refractivity contribution in [2.45, 2.75) is 0 Å². The lowest BCUT2D eigenvalue weighted by molar-refractivity contribution is 0.0590. The number of aromatic hydroxyl groups is 1. The second-order valence-corrected chi connectivity index (χ2v) is 4.18. The molecule has 3 aromatic rings. The molecular weight excluding hydrogens is 276 g/mol. The second-order valence-electron chi connectivity index (χ2n) is 4.18. The quantitative estimate of drug-likeness (QED) is 0.683. The maximum atomic E-state index is 12.4. The van der Waals surface area contributed by atoms with Crippen LogP contribution in [0.25, 0.3) is 11.3 Å². The molecule has 0 atom stereocenters. The highest BCUT2D eigenvalue weighted by atomic mass is 16.5. The molecule has 8 heteroatoms. The van der Waals surface area contributed by atoms with E-state index in [9.17, 15) is 14.7 Å². The average Bonchev–Trinajstić information content (AvgIpc) is 2.89. The molecule has 0 bridgehead atoms. The highest BCUT2D eigenvalue weighted by Crippen LogP contribution is 2.17. The van der Waals surface area contributed by atoms with Crippen LogP contribution in [0.3, 0.4) is 0 Å². The molecule has 0 radical (unpaired) electrons. The van der Waals surface area contributed by atoms with Crippen molar-refractivity contribution in [2.24, 2.45) is 0 Å². The smallest absolute Gasteiger partial charge is 0.362 e. The van der Waals surface area contributed by atoms with Gasteiger partial charge in [-0.1, -0.05) is 6.07 Å². The Morgan fingerprint density at radius 2 is 2.19 bits per heavy atom. The minimum absolute atomic E-state index is 0.101. The van der Waals surface area contributed by atoms with Gasteiger partial charge in [0.15, 0.2) is 5.75 Å². The number of carbonyl (C=O) groups excluding carboxylic acids is 1. The van der Waals surface area contributed by atoms with Gasteiger partial charge in [0, 0.05) is 6.20 Å². The number of hydrogen-bond donors (Lipinski definition) is 1. The number of hydrogen-bond acceptors (Lipinski definition) is 6. The molecule has 3 rings (SSSR count). The largest absolute Gasteiger partial charge is 0.504 e. The maximum Gasteiger partial charge on any atom is 0.362 e. The number of esters is 1. The summed E-state index contributed by atoms with van der Waals surface area (Å²) in [4.78, 5) is 27.9. The SMILES string of the molecule is COC(=O)c1nn(-c2cnc3ccccn3c2=O)cc1O. The number of pyridine rings is 1. The van der Waals surface area contributed by atoms with Gasteiger partial charge in [-0.05, 0) is 12.1 Å². The predicted molar refractivity (Wildman–Crippen MR) is 71.6 cm³/mol. The van der Waals surface area contributed by atoms with E-state index in [0.29, 0.717) is 5.65 Å². The van der Waals surface area contributed by atoms with Crippen LogP contribution in [-0.2, 0) is 4.74 Å². The summed E-state index contributed by atoms with van der Waals surface area (Å²) in [5, 5.41) is 13.5. The summed E-state index contributed by atoms with van der Waals surface area (Å²) >= 11 is 0. The average molecular weight is 286 g/mol. The number of ether oxygens (including phenoxy) is 1. The molecule has 0 aliphatic heterocycles. The normalized spacial score (nSPS) is 10.7. The van der Waals surface area contributed by atoms with Crippen molar-refractivity contribution in [1.29, 1.82) is 0 Å². The van der Waals surface area contributed by atoms with Crippen LogP contribution in [0.2, 0.25) is 0 Å². The highest BCUT2D eigenvalue weighted by molar-refractivity contribution is 5.90. The molecular formula is C13H10N4O4. The van der Waals surface area contributed by atoms with Gasteiger partial charge in [0.1, 0.15) is 11.3 Å². The molecule has 0 saturated carbocycles. The lowest BCUT2D eigenvalue weighted by Crippen LogP contribution is -2.20. The first-order chi connectivity index (χ1) is 10.1. The van der Waals surface area contributed by atoms with Crippen LogP contribution < -0.4 is 5.56 Å². The zero-order valence-corrected chi connectivity index (χ0v) is 10.9. The molecule has 0 aliphatic carbocycles. The molecule has 3 aromatic heterocycles. The Morgan fingerprint density at radius 1 is 1.38 bits per heavy atom. The van der Waals surface area contributed by atoms with Gasteiger partial charge in [-0.15, -0.1) is 0 Å². The topological polar surface area (TPSA) is 98.7 Å². The van der Waals surface area contributed by atoms with Gasteiger partial charge in [-0.3, -0.25) is 9.20 Å². The summed E-state index contributed by atoms with van der Waals surface area (Å²) in [7, 11) is 1.17. The minimum atomic E-state index is -0.792. The Labute approximate surface area is 117 Å². The summed E-state index contributed by atoms with van der Waals surface area (Å²) in [6.45, 7) is 0. The standard InChI is InChI=1S/C13H10N4O4/c1-21-13(20)11-9(18)7-17(15-11)8-6-14-10-4-2-3-5-16(10)12(8)19/h2-7,18H,1H3. The molecule has 0 aromatic carbocycles. The Balaban J connectivity index is 2.19. The van der Waals surface area contributed by atoms with Crippen LogP contribution in [-0.4, -0.2) is 37.4 Å². The second kappa shape index (κ2) is 4.75. The van der Waals surface area contributed by atoms with E-state index in [1.165, 1.54) is 17.7 Å². The lowest BCUT2D eigenvalue weighted by atomic mass is 10.4. The van der Waals surface area contributed by atoms with E-state index in [4.69, 9.17) is 0 Å². The zero-order valence-electron chi connectivity index (χ0n) is 10.9. The Bertz CT molecular complexity index is 897. The Morgan fingerprint density at radius 3 is 2.95 bits per heavy atom. The molecule has 0 fully saturated rings. The number of nitrogens with zero attached hydrogens (tertiary/aromatic N) is 4. The van der Waals surface area contributed by atoms with Crippen molar-refractivity contribution in [3.05, 3.63) is 52.8 Å². The third-order valence-electron chi connectivity index (χ3n) is 2.92. The third kappa shape index (κ3) is 2.02. The van der Waals surface area contributed by atoms with Gasteiger partial charge in [0.05, 0.1) is 19.5 Å². The Kier molecular flexibility index (Phi) is 2.90. The van der Waals surface area contributed by atoms with Crippen molar-refractivity contribution >= 4 is 11.6 Å². The van der Waals surface area contributed by atoms with Gasteiger partial charge in [-0.2, -0.15) is 5.10 Å². The van der Waals surface area contributed by atoms with E-state index in [-0.39, 0.29) is 22.7 Å². The van der Waals surface area contributed by atoms with Gasteiger partial charge in [0.2, 0.25) is 5.69 Å². The van der Waals surface area contributed by atoms with Gasteiger partial charge in [0.25, 0.3) is 5.56 Å². The van der Waals surface area contributed by atoms with Crippen LogP contribution in [0.1, 0.15) is 10.5 Å². The van der Waals surface area contributed by atoms with Crippen molar-refractivity contribution < 1.29 is 14.6 Å². The van der Waals surface area contributed by atoms with Crippen molar-refractivity contribution in [2.75, 3.05) is 7.11 Å². The number of carbonyl (C=O) groups is 1. The first-order valence-corrected chi connectivity index (χ1v) is 5.95. The zero-order chi connectivity index (χ0) is 15.0. The van der Waals surface area contributed by atoms with Crippen LogP contribution in [0.5, 0.6) is 5.75 Å². The van der Waals surface area contributed by atoms with Crippen LogP contribution in [0.15, 0.2) is 41.6 Å². The summed E-state index contributed by atoms with van der Waals surface area (Å²) in [5.41, 5.74) is -0.0606. The molecule has 21 heavy (non-hydrogen) atoms. The lowest BCUT2D eigenvalue weighted by Gasteiger charge is -2.03. The fraction of sp³-hybridized carbons (Fsp3) is 0.0769. The summed E-state index contributed by atoms with van der Waals surface area (Å²) in [6, 6.07) is 5.14. The van der Waals surface area contributed by atoms with E-state index in [1.807, 2.05) is 0 Å². The van der Waals surface area contributed by atoms with Crippen molar-refractivity contribution in [1.82, 2.24) is 19.2 Å². The summed E-state index contributed by atoms with van der Waals surface area (Å²) in [5.74, 6) is -1.17. The molecule has 0 unspecified atom stereocenters. The molecule has 3 heterocycles. The fourth-order valence-corrected chi connectivity index (χ4v) is 1.90. The van der Waals surface area contributed by atoms with Gasteiger partial charge < -0.3 is 9.84 Å². The summed E-state index contributed by atoms with van der Waals surface area (Å²) in [6.07, 6.45) is 4.05. The number of fused-ring (bicyclic) bond motifs is 1. The minimum Gasteiger partial charge on any atom is -0.504 e. The maximum absolute atomic E-state index is 12.4. The van der Waals surface area contributed by atoms with Crippen molar-refractivity contribution in [3.8, 4) is 11.4 Å². The fourth-order valence-electron chi connectivity index (χ4n) is 1.90. The van der Waals surface area contributed by atoms with E-state index in [2.05, 4.69) is 14.8 Å². The molecule has 0 amide bonds. The monoisotopic (exact) mass is 286 g/mol. The Hall–Kier alpha value is -3.16. The molecule has 0 saturated heterocycles. The molecule has 0 aliphatic rings. The summed E-state index contributed by atoms with van der Waals surface area (Å²) < 4.78 is 6.93. The molecule has 8 nitrogen and oxygen atoms in total. The molecule has 1 N–H and O–H groups in total. The highest BCUT2D eigenvalue weighted by Gasteiger charge is 2.19. The van der Waals surface area contributed by atoms with E-state index in [0.717, 1.165) is 10.9 Å². The third-order valence-corrected chi connectivity index (χ3v) is 2.92. The van der Waals surface area contributed by atoms with Gasteiger partial charge in [-0.25, -0.2) is 14.5 Å². The first-order valence-electron chi connectivity index (χ1n) is 5.95. The van der Waals surface area contributed by atoms with E-state index in [1.54, 1.807) is 24.4 Å². The van der Waals surface area contributed by atoms with E-state index >= 15 is 0 Å². The van der Waals surface area contributed by atoms with Crippen LogP contribution in [0.4, 0.5) is 0 Å². The number of aromatic nitrogens is 4. The predicted octanol–water partition coefficient (Wildman–Crippen LogP) is 0.372. The number of rotatable bonds is 2. The molecule has 0 spiro atoms. The first kappa shape index (κ1) is 12.9. The van der Waals surface area contributed by atoms with Crippen molar-refractivity contribution in [3.63, 3.8) is 0 Å². The van der Waals surface area contributed by atoms with Gasteiger partial charge >= 0.3 is 5.97 Å². The number of methoxy groups -OCH3 is 1. The van der Waals surface area contributed by atoms with Crippen LogP contribution in [0, 0.1) is 0 Å². The van der Waals surface area contributed by atoms with Crippen LogP contribution >= 0.6 is 0 Å².